The minimum absolute atomic E-state index is 0.715. The lowest BCUT2D eigenvalue weighted by molar-refractivity contribution is 0.185. The van der Waals surface area contributed by atoms with Crippen LogP contribution in [0.5, 0.6) is 0 Å². The van der Waals surface area contributed by atoms with E-state index in [1.807, 2.05) is 0 Å². The minimum Gasteiger partial charge on any atom is -0.304 e. The highest BCUT2D eigenvalue weighted by atomic mass is 32.2. The van der Waals surface area contributed by atoms with Crippen LogP contribution in [-0.2, 0) is 10.1 Å². The van der Waals surface area contributed by atoms with E-state index < -0.39 is 10.1 Å². The summed E-state index contributed by atoms with van der Waals surface area (Å²) in [6.07, 6.45) is 7.91. The number of hydrogen-bond donors (Lipinski definition) is 1. The molecule has 1 rings (SSSR count). The molecule has 1 saturated heterocycles. The van der Waals surface area contributed by atoms with Crippen molar-refractivity contribution in [1.82, 2.24) is 4.90 Å². The van der Waals surface area contributed by atoms with Gasteiger partial charge in [0.2, 0.25) is 0 Å². The smallest absolute Gasteiger partial charge is 0.261 e. The molecule has 0 aromatic carbocycles. The van der Waals surface area contributed by atoms with Crippen molar-refractivity contribution in [3.63, 3.8) is 0 Å². The van der Waals surface area contributed by atoms with Gasteiger partial charge in [-0.25, -0.2) is 0 Å². The number of unbranched alkanes of at least 4 members (excludes halogenated alkanes) is 1. The molecule has 17 heavy (non-hydrogen) atoms. The number of rotatable bonds is 4. The van der Waals surface area contributed by atoms with Gasteiger partial charge in [0.25, 0.3) is 10.1 Å². The Morgan fingerprint density at radius 1 is 1.24 bits per heavy atom. The molecule has 0 saturated carbocycles. The summed E-state index contributed by atoms with van der Waals surface area (Å²) in [6, 6.07) is 0. The predicted octanol–water partition coefficient (Wildman–Crippen LogP) is 2.41. The highest BCUT2D eigenvalue weighted by Gasteiger charge is 2.16. The lowest BCUT2D eigenvalue weighted by Gasteiger charge is -2.30. The molecular formula is C12H27NO3S. The van der Waals surface area contributed by atoms with E-state index in [1.54, 1.807) is 0 Å². The van der Waals surface area contributed by atoms with E-state index in [0.29, 0.717) is 6.26 Å². The van der Waals surface area contributed by atoms with E-state index in [4.69, 9.17) is 4.55 Å². The van der Waals surface area contributed by atoms with Crippen LogP contribution in [0.1, 0.15) is 46.0 Å². The molecule has 0 unspecified atom stereocenters. The second-order valence-corrected chi connectivity index (χ2v) is 6.22. The second kappa shape index (κ2) is 8.89. The monoisotopic (exact) mass is 265 g/mol. The van der Waals surface area contributed by atoms with Crippen molar-refractivity contribution in [1.29, 1.82) is 0 Å². The van der Waals surface area contributed by atoms with Crippen molar-refractivity contribution in [2.45, 2.75) is 46.0 Å². The fourth-order valence-corrected chi connectivity index (χ4v) is 2.08. The Balaban J connectivity index is 0.000000437. The first-order valence-corrected chi connectivity index (χ1v) is 8.36. The molecule has 5 heteroatoms. The van der Waals surface area contributed by atoms with E-state index in [1.165, 1.54) is 51.7 Å². The molecule has 0 radical (unpaired) electrons. The van der Waals surface area contributed by atoms with Crippen LogP contribution in [-0.4, -0.2) is 43.8 Å². The first-order valence-electron chi connectivity index (χ1n) is 6.51. The van der Waals surface area contributed by atoms with Gasteiger partial charge in [-0.3, -0.25) is 4.55 Å². The molecule has 0 atom stereocenters. The van der Waals surface area contributed by atoms with Crippen molar-refractivity contribution in [2.75, 3.05) is 25.9 Å². The summed E-state index contributed by atoms with van der Waals surface area (Å²) < 4.78 is 25.9. The van der Waals surface area contributed by atoms with Crippen LogP contribution in [0.25, 0.3) is 0 Å². The Hall–Kier alpha value is -0.130. The molecular weight excluding hydrogens is 238 g/mol. The van der Waals surface area contributed by atoms with Crippen LogP contribution in [0.2, 0.25) is 0 Å². The van der Waals surface area contributed by atoms with Crippen molar-refractivity contribution >= 4 is 10.1 Å². The van der Waals surface area contributed by atoms with E-state index >= 15 is 0 Å². The Kier molecular flexibility index (Phi) is 8.82. The molecule has 1 heterocycles. The Bertz CT molecular complexity index is 261. The molecule has 1 aliphatic rings. The van der Waals surface area contributed by atoms with Gasteiger partial charge in [0.05, 0.1) is 6.26 Å². The van der Waals surface area contributed by atoms with Crippen molar-refractivity contribution < 1.29 is 13.0 Å². The molecule has 0 aromatic rings. The molecule has 1 N–H and O–H groups in total. The normalized spacial score (nSPS) is 18.6. The summed E-state index contributed by atoms with van der Waals surface area (Å²) in [5.74, 6) is 1.05. The highest BCUT2D eigenvalue weighted by molar-refractivity contribution is 7.85. The quantitative estimate of drug-likeness (QED) is 0.793. The van der Waals surface area contributed by atoms with Gasteiger partial charge in [-0.05, 0) is 38.4 Å². The Morgan fingerprint density at radius 3 is 2.06 bits per heavy atom. The summed E-state index contributed by atoms with van der Waals surface area (Å²) >= 11 is 0. The van der Waals surface area contributed by atoms with Crippen molar-refractivity contribution in [2.24, 2.45) is 5.92 Å². The van der Waals surface area contributed by atoms with E-state index in [2.05, 4.69) is 18.7 Å². The Morgan fingerprint density at radius 2 is 1.71 bits per heavy atom. The third-order valence-corrected chi connectivity index (χ3v) is 3.12. The van der Waals surface area contributed by atoms with Crippen LogP contribution in [0.4, 0.5) is 0 Å². The lowest BCUT2D eigenvalue weighted by Crippen LogP contribution is -2.33. The van der Waals surface area contributed by atoms with Crippen LogP contribution in [0.3, 0.4) is 0 Å². The maximum absolute atomic E-state index is 9.19. The first-order chi connectivity index (χ1) is 7.86. The maximum atomic E-state index is 9.19. The topological polar surface area (TPSA) is 57.6 Å². The standard InChI is InChI=1S/C11H23N.CH4O3S/c1-3-5-6-11-7-9-12(4-2)10-8-11;1-5(2,3)4/h11H,3-10H2,1-2H3;1H3,(H,2,3,4). The highest BCUT2D eigenvalue weighted by Crippen LogP contribution is 2.21. The van der Waals surface area contributed by atoms with Crippen LogP contribution >= 0.6 is 0 Å². The van der Waals surface area contributed by atoms with E-state index in [-0.39, 0.29) is 0 Å². The lowest BCUT2D eigenvalue weighted by atomic mass is 9.92. The summed E-state index contributed by atoms with van der Waals surface area (Å²) in [6.45, 7) is 8.52. The fourth-order valence-electron chi connectivity index (χ4n) is 2.08. The van der Waals surface area contributed by atoms with E-state index in [0.717, 1.165) is 5.92 Å². The summed E-state index contributed by atoms with van der Waals surface area (Å²) in [4.78, 5) is 2.57. The van der Waals surface area contributed by atoms with Crippen LogP contribution < -0.4 is 0 Å². The summed E-state index contributed by atoms with van der Waals surface area (Å²) in [5.41, 5.74) is 0. The molecule has 0 bridgehead atoms. The third kappa shape index (κ3) is 12.1. The third-order valence-electron chi connectivity index (χ3n) is 3.12. The summed E-state index contributed by atoms with van der Waals surface area (Å²) in [7, 11) is -3.67. The van der Waals surface area contributed by atoms with Gasteiger partial charge >= 0.3 is 0 Å². The van der Waals surface area contributed by atoms with Crippen LogP contribution in [0.15, 0.2) is 0 Å². The molecule has 1 aliphatic heterocycles. The number of hydrogen-bond acceptors (Lipinski definition) is 3. The second-order valence-electron chi connectivity index (χ2n) is 4.75. The average molecular weight is 265 g/mol. The molecule has 0 aromatic heterocycles. The van der Waals surface area contributed by atoms with Crippen molar-refractivity contribution in [3.8, 4) is 0 Å². The fraction of sp³-hybridized carbons (Fsp3) is 1.00. The summed E-state index contributed by atoms with van der Waals surface area (Å²) in [5, 5.41) is 0. The van der Waals surface area contributed by atoms with Gasteiger partial charge in [-0.2, -0.15) is 8.42 Å². The van der Waals surface area contributed by atoms with E-state index in [9.17, 15) is 8.42 Å². The van der Waals surface area contributed by atoms with Gasteiger partial charge < -0.3 is 4.90 Å². The number of likely N-dealkylation sites (tertiary alicyclic amines) is 1. The zero-order valence-corrected chi connectivity index (χ0v) is 12.2. The van der Waals surface area contributed by atoms with Gasteiger partial charge in [-0.1, -0.05) is 33.1 Å². The molecule has 4 nitrogen and oxygen atoms in total. The van der Waals surface area contributed by atoms with Gasteiger partial charge in [0.15, 0.2) is 0 Å². The minimum atomic E-state index is -3.67. The maximum Gasteiger partial charge on any atom is 0.261 e. The predicted molar refractivity (Wildman–Crippen MR) is 71.8 cm³/mol. The zero-order chi connectivity index (χ0) is 13.3. The molecule has 0 spiro atoms. The largest absolute Gasteiger partial charge is 0.304 e. The number of nitrogens with zero attached hydrogens (tertiary/aromatic N) is 1. The Labute approximate surface area is 106 Å². The molecule has 0 aliphatic carbocycles. The van der Waals surface area contributed by atoms with Gasteiger partial charge in [0.1, 0.15) is 0 Å². The number of piperidine rings is 1. The average Bonchev–Trinajstić information content (AvgIpc) is 2.25. The molecule has 1 fully saturated rings. The van der Waals surface area contributed by atoms with Crippen LogP contribution in [0, 0.1) is 5.92 Å². The first kappa shape index (κ1) is 16.9. The van der Waals surface area contributed by atoms with Crippen molar-refractivity contribution in [3.05, 3.63) is 0 Å². The SMILES string of the molecule is CCCCC1CCN(CC)CC1.CS(=O)(=O)O. The van der Waals surface area contributed by atoms with Gasteiger partial charge in [-0.15, -0.1) is 0 Å². The zero-order valence-electron chi connectivity index (χ0n) is 11.4. The molecule has 0 amide bonds. The van der Waals surface area contributed by atoms with Gasteiger partial charge in [0, 0.05) is 0 Å². The molecule has 104 valence electrons.